The molecule has 4 heteroatoms. The van der Waals surface area contributed by atoms with E-state index in [1.807, 2.05) is 16.8 Å². The summed E-state index contributed by atoms with van der Waals surface area (Å²) in [5.41, 5.74) is 1.12. The highest BCUT2D eigenvalue weighted by Gasteiger charge is 2.06. The van der Waals surface area contributed by atoms with Crippen molar-refractivity contribution in [2.75, 3.05) is 0 Å². The Bertz CT molecular complexity index is 578. The summed E-state index contributed by atoms with van der Waals surface area (Å²) in [6.45, 7) is 0.586. The lowest BCUT2D eigenvalue weighted by Crippen LogP contribution is -1.98. The molecule has 0 atom stereocenters. The van der Waals surface area contributed by atoms with Crippen molar-refractivity contribution in [3.8, 4) is 6.07 Å². The number of rotatable bonds is 3. The van der Waals surface area contributed by atoms with Gasteiger partial charge in [-0.15, -0.1) is 0 Å². The number of aromatic carboxylic acids is 1. The molecule has 16 heavy (non-hydrogen) atoms. The Morgan fingerprint density at radius 3 is 2.94 bits per heavy atom. The van der Waals surface area contributed by atoms with Crippen molar-refractivity contribution in [1.29, 1.82) is 5.26 Å². The van der Waals surface area contributed by atoms with E-state index >= 15 is 0 Å². The predicted molar refractivity (Wildman–Crippen MR) is 59.1 cm³/mol. The van der Waals surface area contributed by atoms with Crippen LogP contribution in [-0.4, -0.2) is 15.6 Å². The van der Waals surface area contributed by atoms with E-state index in [9.17, 15) is 4.79 Å². The highest BCUT2D eigenvalue weighted by atomic mass is 16.4. The first-order valence-corrected chi connectivity index (χ1v) is 4.91. The average Bonchev–Trinajstić information content (AvgIpc) is 2.68. The maximum Gasteiger partial charge on any atom is 0.335 e. The minimum absolute atomic E-state index is 0.268. The van der Waals surface area contributed by atoms with Gasteiger partial charge in [-0.3, -0.25) is 0 Å². The van der Waals surface area contributed by atoms with Gasteiger partial charge < -0.3 is 9.67 Å². The van der Waals surface area contributed by atoms with Gasteiger partial charge in [0.05, 0.1) is 18.1 Å². The second kappa shape index (κ2) is 4.07. The van der Waals surface area contributed by atoms with Gasteiger partial charge in [0.2, 0.25) is 0 Å². The summed E-state index contributed by atoms with van der Waals surface area (Å²) in [5, 5.41) is 18.4. The van der Waals surface area contributed by atoms with Gasteiger partial charge >= 0.3 is 5.97 Å². The van der Waals surface area contributed by atoms with Gasteiger partial charge in [0.15, 0.2) is 0 Å². The van der Waals surface area contributed by atoms with Crippen LogP contribution in [0, 0.1) is 11.3 Å². The average molecular weight is 214 g/mol. The zero-order chi connectivity index (χ0) is 11.5. The Kier molecular flexibility index (Phi) is 2.61. The molecule has 0 amide bonds. The first kappa shape index (κ1) is 10.2. The second-order valence-electron chi connectivity index (χ2n) is 3.50. The molecule has 0 aliphatic rings. The van der Waals surface area contributed by atoms with Gasteiger partial charge in [0.25, 0.3) is 0 Å². The number of nitrogens with zero attached hydrogens (tertiary/aromatic N) is 2. The van der Waals surface area contributed by atoms with E-state index < -0.39 is 5.97 Å². The number of aryl methyl sites for hydroxylation is 1. The minimum atomic E-state index is -0.935. The van der Waals surface area contributed by atoms with Crippen LogP contribution < -0.4 is 0 Å². The van der Waals surface area contributed by atoms with Crippen LogP contribution in [0.25, 0.3) is 10.9 Å². The summed E-state index contributed by atoms with van der Waals surface area (Å²) in [5.74, 6) is -0.935. The van der Waals surface area contributed by atoms with E-state index in [4.69, 9.17) is 10.4 Å². The molecule has 0 fully saturated rings. The van der Waals surface area contributed by atoms with Gasteiger partial charge in [-0.1, -0.05) is 6.07 Å². The van der Waals surface area contributed by atoms with Crippen molar-refractivity contribution in [3.63, 3.8) is 0 Å². The molecule has 1 heterocycles. The molecule has 0 spiro atoms. The third-order valence-corrected chi connectivity index (χ3v) is 2.49. The molecule has 0 saturated heterocycles. The van der Waals surface area contributed by atoms with E-state index in [0.29, 0.717) is 13.0 Å². The fraction of sp³-hybridized carbons (Fsp3) is 0.167. The predicted octanol–water partition coefficient (Wildman–Crippen LogP) is 2.25. The summed E-state index contributed by atoms with van der Waals surface area (Å²) in [6.07, 6.45) is 2.29. The zero-order valence-corrected chi connectivity index (χ0v) is 8.55. The largest absolute Gasteiger partial charge is 0.478 e. The number of hydrogen-bond acceptors (Lipinski definition) is 2. The summed E-state index contributed by atoms with van der Waals surface area (Å²) < 4.78 is 1.89. The molecule has 0 saturated carbocycles. The standard InChI is InChI=1S/C12H10N2O2/c13-5-1-6-14-7-4-9-2-3-10(12(15)16)8-11(9)14/h2-4,7-8H,1,6H2,(H,15,16). The highest BCUT2D eigenvalue weighted by molar-refractivity contribution is 5.93. The molecule has 0 aliphatic heterocycles. The number of fused-ring (bicyclic) bond motifs is 1. The number of hydrogen-bond donors (Lipinski definition) is 1. The SMILES string of the molecule is N#CCCn1ccc2ccc(C(=O)O)cc21. The van der Waals surface area contributed by atoms with Gasteiger partial charge in [-0.25, -0.2) is 4.79 Å². The van der Waals surface area contributed by atoms with Crippen LogP contribution in [0.4, 0.5) is 0 Å². The number of carbonyl (C=O) groups is 1. The number of nitriles is 1. The van der Waals surface area contributed by atoms with Crippen molar-refractivity contribution in [1.82, 2.24) is 4.57 Å². The van der Waals surface area contributed by atoms with E-state index in [1.165, 1.54) is 0 Å². The Hall–Kier alpha value is -2.28. The lowest BCUT2D eigenvalue weighted by molar-refractivity contribution is 0.0697. The van der Waals surface area contributed by atoms with E-state index in [-0.39, 0.29) is 5.56 Å². The molecular weight excluding hydrogens is 204 g/mol. The van der Waals surface area contributed by atoms with Crippen LogP contribution in [-0.2, 0) is 6.54 Å². The monoisotopic (exact) mass is 214 g/mol. The van der Waals surface area contributed by atoms with Crippen molar-refractivity contribution in [2.24, 2.45) is 0 Å². The number of carboxylic acids is 1. The van der Waals surface area contributed by atoms with Gasteiger partial charge in [-0.05, 0) is 23.6 Å². The summed E-state index contributed by atoms with van der Waals surface area (Å²) in [6, 6.07) is 8.98. The summed E-state index contributed by atoms with van der Waals surface area (Å²) in [4.78, 5) is 10.8. The first-order valence-electron chi connectivity index (χ1n) is 4.91. The fourth-order valence-corrected chi connectivity index (χ4v) is 1.68. The Morgan fingerprint density at radius 2 is 2.25 bits per heavy atom. The van der Waals surface area contributed by atoms with Gasteiger partial charge in [0, 0.05) is 18.3 Å². The Morgan fingerprint density at radius 1 is 1.44 bits per heavy atom. The molecule has 1 N–H and O–H groups in total. The normalized spacial score (nSPS) is 10.2. The number of carboxylic acid groups (broad SMARTS) is 1. The van der Waals surface area contributed by atoms with Crippen molar-refractivity contribution in [2.45, 2.75) is 13.0 Å². The van der Waals surface area contributed by atoms with Crippen LogP contribution in [0.3, 0.4) is 0 Å². The molecule has 1 aromatic carbocycles. The quantitative estimate of drug-likeness (QED) is 0.852. The molecule has 4 nitrogen and oxygen atoms in total. The molecule has 2 aromatic rings. The Labute approximate surface area is 92.3 Å². The van der Waals surface area contributed by atoms with Crippen LogP contribution in [0.5, 0.6) is 0 Å². The van der Waals surface area contributed by atoms with Crippen LogP contribution in [0.2, 0.25) is 0 Å². The molecule has 0 radical (unpaired) electrons. The van der Waals surface area contributed by atoms with Crippen LogP contribution in [0.15, 0.2) is 30.5 Å². The van der Waals surface area contributed by atoms with Crippen molar-refractivity contribution in [3.05, 3.63) is 36.0 Å². The maximum absolute atomic E-state index is 10.8. The summed E-state index contributed by atoms with van der Waals surface area (Å²) in [7, 11) is 0. The van der Waals surface area contributed by atoms with E-state index in [2.05, 4.69) is 6.07 Å². The number of aromatic nitrogens is 1. The molecule has 0 unspecified atom stereocenters. The first-order chi connectivity index (χ1) is 7.72. The van der Waals surface area contributed by atoms with Crippen molar-refractivity contribution >= 4 is 16.9 Å². The van der Waals surface area contributed by atoms with Gasteiger partial charge in [0.1, 0.15) is 0 Å². The highest BCUT2D eigenvalue weighted by Crippen LogP contribution is 2.18. The van der Waals surface area contributed by atoms with Crippen LogP contribution >= 0.6 is 0 Å². The Balaban J connectivity index is 2.48. The second-order valence-corrected chi connectivity index (χ2v) is 3.50. The van der Waals surface area contributed by atoms with E-state index in [1.54, 1.807) is 18.2 Å². The van der Waals surface area contributed by atoms with E-state index in [0.717, 1.165) is 10.9 Å². The molecule has 0 bridgehead atoms. The zero-order valence-electron chi connectivity index (χ0n) is 8.55. The smallest absolute Gasteiger partial charge is 0.335 e. The lowest BCUT2D eigenvalue weighted by Gasteiger charge is -2.02. The maximum atomic E-state index is 10.8. The topological polar surface area (TPSA) is 66.0 Å². The van der Waals surface area contributed by atoms with Crippen molar-refractivity contribution < 1.29 is 9.90 Å². The molecule has 80 valence electrons. The molecule has 0 aliphatic carbocycles. The molecule has 2 rings (SSSR count). The molecule has 1 aromatic heterocycles. The number of benzene rings is 1. The summed E-state index contributed by atoms with van der Waals surface area (Å²) >= 11 is 0. The molecular formula is C12H10N2O2. The lowest BCUT2D eigenvalue weighted by atomic mass is 10.1. The third kappa shape index (κ3) is 1.75. The fourth-order valence-electron chi connectivity index (χ4n) is 1.68. The van der Waals surface area contributed by atoms with Crippen LogP contribution in [0.1, 0.15) is 16.8 Å². The van der Waals surface area contributed by atoms with Gasteiger partial charge in [-0.2, -0.15) is 5.26 Å². The third-order valence-electron chi connectivity index (χ3n) is 2.49. The minimum Gasteiger partial charge on any atom is -0.478 e.